The highest BCUT2D eigenvalue weighted by Crippen LogP contribution is 2.30. The van der Waals surface area contributed by atoms with Gasteiger partial charge in [0.1, 0.15) is 0 Å². The van der Waals surface area contributed by atoms with Crippen LogP contribution < -0.4 is 5.32 Å². The first-order valence-electron chi connectivity index (χ1n) is 6.27. The van der Waals surface area contributed by atoms with Crippen LogP contribution in [0.1, 0.15) is 50.8 Å². The quantitative estimate of drug-likeness (QED) is 0.818. The molecule has 0 heterocycles. The third kappa shape index (κ3) is 4.33. The van der Waals surface area contributed by atoms with Crippen LogP contribution in [0.4, 0.5) is 13.2 Å². The van der Waals surface area contributed by atoms with Gasteiger partial charge in [0.2, 0.25) is 0 Å². The molecule has 0 aliphatic heterocycles. The molecule has 0 amide bonds. The number of benzene rings is 1. The normalized spacial score (nSPS) is 15.4. The minimum Gasteiger partial charge on any atom is -0.308 e. The summed E-state index contributed by atoms with van der Waals surface area (Å²) in [6.07, 6.45) is -2.20. The Hall–Kier alpha value is -1.03. The Balaban J connectivity index is 2.77. The number of halogens is 3. The summed E-state index contributed by atoms with van der Waals surface area (Å²) in [4.78, 5) is 0. The van der Waals surface area contributed by atoms with Crippen LogP contribution in [-0.4, -0.2) is 6.04 Å². The third-order valence-electron chi connectivity index (χ3n) is 2.97. The number of hydrogen-bond acceptors (Lipinski definition) is 1. The van der Waals surface area contributed by atoms with Crippen molar-refractivity contribution < 1.29 is 13.2 Å². The van der Waals surface area contributed by atoms with Gasteiger partial charge in [0.15, 0.2) is 0 Å². The zero-order valence-electron chi connectivity index (χ0n) is 11.0. The smallest absolute Gasteiger partial charge is 0.308 e. The molecular weight excluding hydrogens is 239 g/mol. The molecule has 0 bridgehead atoms. The third-order valence-corrected chi connectivity index (χ3v) is 2.97. The summed E-state index contributed by atoms with van der Waals surface area (Å²) >= 11 is 0. The van der Waals surface area contributed by atoms with Crippen molar-refractivity contribution in [3.05, 3.63) is 35.4 Å². The maximum absolute atomic E-state index is 12.6. The first-order chi connectivity index (χ1) is 8.34. The van der Waals surface area contributed by atoms with Crippen molar-refractivity contribution in [1.29, 1.82) is 0 Å². The van der Waals surface area contributed by atoms with Crippen molar-refractivity contribution in [3.8, 4) is 0 Å². The van der Waals surface area contributed by atoms with Gasteiger partial charge < -0.3 is 5.32 Å². The van der Waals surface area contributed by atoms with Gasteiger partial charge in [0.05, 0.1) is 5.56 Å². The van der Waals surface area contributed by atoms with Gasteiger partial charge in [-0.05, 0) is 38.0 Å². The fourth-order valence-electron chi connectivity index (χ4n) is 2.02. The molecular formula is C14H20F3N. The second-order valence-corrected chi connectivity index (χ2v) is 4.70. The van der Waals surface area contributed by atoms with Crippen LogP contribution in [0.25, 0.3) is 0 Å². The molecule has 1 N–H and O–H groups in total. The highest BCUT2D eigenvalue weighted by Gasteiger charge is 2.30. The van der Waals surface area contributed by atoms with Crippen LogP contribution in [0.5, 0.6) is 0 Å². The molecule has 102 valence electrons. The number of alkyl halides is 3. The molecule has 0 aliphatic rings. The summed E-state index contributed by atoms with van der Waals surface area (Å²) in [7, 11) is 0. The standard InChI is InChI=1S/C14H20F3N/c1-4-6-10(2)18-11(3)12-7-5-8-13(9-12)14(15,16)17/h5,7-11,18H,4,6H2,1-3H3. The van der Waals surface area contributed by atoms with E-state index in [1.807, 2.05) is 13.8 Å². The van der Waals surface area contributed by atoms with Gasteiger partial charge in [0.25, 0.3) is 0 Å². The SMILES string of the molecule is CCCC(C)NC(C)c1cccc(C(F)(F)F)c1. The van der Waals surface area contributed by atoms with Crippen LogP contribution in [0.3, 0.4) is 0 Å². The highest BCUT2D eigenvalue weighted by atomic mass is 19.4. The van der Waals surface area contributed by atoms with E-state index < -0.39 is 11.7 Å². The van der Waals surface area contributed by atoms with Crippen LogP contribution in [0, 0.1) is 0 Å². The molecule has 18 heavy (non-hydrogen) atoms. The van der Waals surface area contributed by atoms with Crippen LogP contribution >= 0.6 is 0 Å². The second-order valence-electron chi connectivity index (χ2n) is 4.70. The Morgan fingerprint density at radius 3 is 2.44 bits per heavy atom. The summed E-state index contributed by atoms with van der Waals surface area (Å²) < 4.78 is 37.8. The average molecular weight is 259 g/mol. The van der Waals surface area contributed by atoms with Crippen LogP contribution in [0.2, 0.25) is 0 Å². The van der Waals surface area contributed by atoms with Crippen molar-refractivity contribution in [3.63, 3.8) is 0 Å². The van der Waals surface area contributed by atoms with E-state index in [2.05, 4.69) is 12.2 Å². The van der Waals surface area contributed by atoms with E-state index in [1.165, 1.54) is 12.1 Å². The van der Waals surface area contributed by atoms with Crippen molar-refractivity contribution in [1.82, 2.24) is 5.32 Å². The van der Waals surface area contributed by atoms with E-state index in [4.69, 9.17) is 0 Å². The Bertz CT molecular complexity index is 374. The lowest BCUT2D eigenvalue weighted by Crippen LogP contribution is -2.28. The van der Waals surface area contributed by atoms with Gasteiger partial charge in [0, 0.05) is 12.1 Å². The topological polar surface area (TPSA) is 12.0 Å². The molecule has 0 aromatic heterocycles. The van der Waals surface area contributed by atoms with Gasteiger partial charge >= 0.3 is 6.18 Å². The van der Waals surface area contributed by atoms with Crippen LogP contribution in [0.15, 0.2) is 24.3 Å². The number of hydrogen-bond donors (Lipinski definition) is 1. The molecule has 0 saturated heterocycles. The monoisotopic (exact) mass is 259 g/mol. The predicted molar refractivity (Wildman–Crippen MR) is 67.4 cm³/mol. The zero-order chi connectivity index (χ0) is 13.8. The summed E-state index contributed by atoms with van der Waals surface area (Å²) in [5.74, 6) is 0. The molecule has 1 aromatic rings. The summed E-state index contributed by atoms with van der Waals surface area (Å²) in [5.41, 5.74) is 0.0876. The minimum atomic E-state index is -4.27. The van der Waals surface area contributed by atoms with Crippen molar-refractivity contribution in [2.75, 3.05) is 0 Å². The molecule has 0 saturated carbocycles. The Morgan fingerprint density at radius 2 is 1.89 bits per heavy atom. The molecule has 0 spiro atoms. The number of nitrogens with one attached hydrogen (secondary N) is 1. The predicted octanol–water partition coefficient (Wildman–Crippen LogP) is 4.54. The van der Waals surface area contributed by atoms with Gasteiger partial charge in [-0.25, -0.2) is 0 Å². The Labute approximate surface area is 106 Å². The molecule has 2 unspecified atom stereocenters. The molecule has 1 aromatic carbocycles. The fraction of sp³-hybridized carbons (Fsp3) is 0.571. The van der Waals surface area contributed by atoms with Crippen molar-refractivity contribution in [2.24, 2.45) is 0 Å². The largest absolute Gasteiger partial charge is 0.416 e. The van der Waals surface area contributed by atoms with E-state index in [0.717, 1.165) is 18.9 Å². The summed E-state index contributed by atoms with van der Waals surface area (Å²) in [5, 5.41) is 3.31. The Morgan fingerprint density at radius 1 is 1.22 bits per heavy atom. The molecule has 2 atom stereocenters. The van der Waals surface area contributed by atoms with Gasteiger partial charge in [-0.15, -0.1) is 0 Å². The maximum atomic E-state index is 12.6. The fourth-order valence-corrected chi connectivity index (χ4v) is 2.02. The lowest BCUT2D eigenvalue weighted by molar-refractivity contribution is -0.137. The molecule has 0 radical (unpaired) electrons. The minimum absolute atomic E-state index is 0.0751. The second kappa shape index (κ2) is 6.23. The molecule has 0 aliphatic carbocycles. The van der Waals surface area contributed by atoms with E-state index in [-0.39, 0.29) is 6.04 Å². The molecule has 0 fully saturated rings. The lowest BCUT2D eigenvalue weighted by Gasteiger charge is -2.20. The van der Waals surface area contributed by atoms with Gasteiger partial charge in [-0.2, -0.15) is 13.2 Å². The molecule has 1 rings (SSSR count). The van der Waals surface area contributed by atoms with Crippen molar-refractivity contribution in [2.45, 2.75) is 51.9 Å². The molecule has 4 heteroatoms. The average Bonchev–Trinajstić information content (AvgIpc) is 2.28. The summed E-state index contributed by atoms with van der Waals surface area (Å²) in [6.45, 7) is 6.03. The highest BCUT2D eigenvalue weighted by molar-refractivity contribution is 5.27. The zero-order valence-corrected chi connectivity index (χ0v) is 11.0. The van der Waals surface area contributed by atoms with Crippen molar-refractivity contribution >= 4 is 0 Å². The van der Waals surface area contributed by atoms with E-state index in [1.54, 1.807) is 6.07 Å². The van der Waals surface area contributed by atoms with Gasteiger partial charge in [-0.1, -0.05) is 25.5 Å². The maximum Gasteiger partial charge on any atom is 0.416 e. The molecule has 1 nitrogen and oxygen atoms in total. The first-order valence-corrected chi connectivity index (χ1v) is 6.27. The van der Waals surface area contributed by atoms with E-state index in [9.17, 15) is 13.2 Å². The summed E-state index contributed by atoms with van der Waals surface area (Å²) in [6, 6.07) is 5.74. The van der Waals surface area contributed by atoms with Gasteiger partial charge in [-0.3, -0.25) is 0 Å². The number of rotatable bonds is 5. The first kappa shape index (κ1) is 15.0. The van der Waals surface area contributed by atoms with E-state index in [0.29, 0.717) is 11.6 Å². The van der Waals surface area contributed by atoms with E-state index >= 15 is 0 Å². The lowest BCUT2D eigenvalue weighted by atomic mass is 10.0. The Kier molecular flexibility index (Phi) is 5.20. The van der Waals surface area contributed by atoms with Crippen LogP contribution in [-0.2, 0) is 6.18 Å².